The lowest BCUT2D eigenvalue weighted by Crippen LogP contribution is -2.44. The molecule has 1 aromatic heterocycles. The third-order valence-corrected chi connectivity index (χ3v) is 4.79. The summed E-state index contributed by atoms with van der Waals surface area (Å²) in [5.74, 6) is -1.72. The zero-order valence-electron chi connectivity index (χ0n) is 9.63. The summed E-state index contributed by atoms with van der Waals surface area (Å²) in [4.78, 5) is 24.7. The molecule has 7 heteroatoms. The topological polar surface area (TPSA) is 66.8 Å². The summed E-state index contributed by atoms with van der Waals surface area (Å²) in [5, 5.41) is 10.9. The zero-order valence-corrected chi connectivity index (χ0v) is 12.6. The van der Waals surface area contributed by atoms with Crippen LogP contribution in [0.15, 0.2) is 11.4 Å². The highest BCUT2D eigenvalue weighted by Crippen LogP contribution is 2.23. The minimum atomic E-state index is -0.919. The Hall–Kier alpha value is -0.670. The Morgan fingerprint density at radius 2 is 2.28 bits per heavy atom. The second-order valence-corrected chi connectivity index (χ2v) is 6.91. The van der Waals surface area contributed by atoms with Gasteiger partial charge < -0.3 is 14.7 Å². The van der Waals surface area contributed by atoms with Crippen LogP contribution in [-0.2, 0) is 9.53 Å². The van der Waals surface area contributed by atoms with Crippen molar-refractivity contribution in [3.63, 3.8) is 0 Å². The van der Waals surface area contributed by atoms with Crippen molar-refractivity contribution in [3.8, 4) is 0 Å². The first-order valence-electron chi connectivity index (χ1n) is 5.32. The summed E-state index contributed by atoms with van der Waals surface area (Å²) in [5.41, 5.74) is 0.600. The third-order valence-electron chi connectivity index (χ3n) is 3.00. The van der Waals surface area contributed by atoms with Gasteiger partial charge in [0, 0.05) is 12.4 Å². The van der Waals surface area contributed by atoms with Gasteiger partial charge in [-0.2, -0.15) is 0 Å². The van der Waals surface area contributed by atoms with Gasteiger partial charge in [0.2, 0.25) is 0 Å². The zero-order chi connectivity index (χ0) is 13.3. The van der Waals surface area contributed by atoms with Crippen LogP contribution in [0.4, 0.5) is 0 Å². The van der Waals surface area contributed by atoms with E-state index < -0.39 is 17.9 Å². The molecule has 0 radical (unpaired) electrons. The molecule has 0 saturated carbocycles. The Morgan fingerprint density at radius 1 is 1.56 bits per heavy atom. The summed E-state index contributed by atoms with van der Waals surface area (Å²) in [6, 6.07) is 1.41. The van der Waals surface area contributed by atoms with Crippen molar-refractivity contribution >= 4 is 45.8 Å². The SMILES string of the molecule is CN(C(=O)c1csc(I)c1)C1COCC1C(=O)O. The summed E-state index contributed by atoms with van der Waals surface area (Å²) < 4.78 is 6.20. The van der Waals surface area contributed by atoms with Crippen LogP contribution in [0, 0.1) is 8.80 Å². The van der Waals surface area contributed by atoms with Crippen LogP contribution in [0.1, 0.15) is 10.4 Å². The number of hydrogen-bond donors (Lipinski definition) is 1. The maximum atomic E-state index is 12.2. The molecular weight excluding hydrogens is 369 g/mol. The molecule has 1 fully saturated rings. The van der Waals surface area contributed by atoms with Gasteiger partial charge in [-0.25, -0.2) is 0 Å². The van der Waals surface area contributed by atoms with Gasteiger partial charge in [-0.05, 0) is 28.7 Å². The number of nitrogens with zero attached hydrogens (tertiary/aromatic N) is 1. The molecule has 1 saturated heterocycles. The van der Waals surface area contributed by atoms with E-state index in [1.165, 1.54) is 16.2 Å². The van der Waals surface area contributed by atoms with Crippen LogP contribution >= 0.6 is 33.9 Å². The van der Waals surface area contributed by atoms with Crippen molar-refractivity contribution < 1.29 is 19.4 Å². The fourth-order valence-corrected chi connectivity index (χ4v) is 3.26. The Kier molecular flexibility index (Phi) is 4.23. The first-order valence-corrected chi connectivity index (χ1v) is 7.28. The van der Waals surface area contributed by atoms with E-state index in [0.717, 1.165) is 2.88 Å². The highest BCUT2D eigenvalue weighted by atomic mass is 127. The van der Waals surface area contributed by atoms with E-state index in [2.05, 4.69) is 22.6 Å². The molecule has 1 aliphatic heterocycles. The van der Waals surface area contributed by atoms with Gasteiger partial charge in [-0.15, -0.1) is 11.3 Å². The van der Waals surface area contributed by atoms with Crippen molar-refractivity contribution in [2.24, 2.45) is 5.92 Å². The van der Waals surface area contributed by atoms with Gasteiger partial charge >= 0.3 is 5.97 Å². The number of ether oxygens (including phenoxy) is 1. The highest BCUT2D eigenvalue weighted by molar-refractivity contribution is 14.1. The van der Waals surface area contributed by atoms with Crippen LogP contribution in [0.3, 0.4) is 0 Å². The molecule has 2 unspecified atom stereocenters. The average molecular weight is 381 g/mol. The molecule has 2 heterocycles. The molecule has 2 atom stereocenters. The lowest BCUT2D eigenvalue weighted by Gasteiger charge is -2.25. The largest absolute Gasteiger partial charge is 0.481 e. The maximum Gasteiger partial charge on any atom is 0.311 e. The monoisotopic (exact) mass is 381 g/mol. The molecule has 0 aromatic carbocycles. The molecule has 0 aliphatic carbocycles. The van der Waals surface area contributed by atoms with Crippen LogP contribution in [0.5, 0.6) is 0 Å². The summed E-state index contributed by atoms with van der Waals surface area (Å²) >= 11 is 3.64. The molecule has 1 aliphatic rings. The number of thiophene rings is 1. The molecule has 1 amide bonds. The lowest BCUT2D eigenvalue weighted by molar-refractivity contribution is -0.142. The Balaban J connectivity index is 2.13. The number of likely N-dealkylation sites (N-methyl/N-ethyl adjacent to an activating group) is 1. The average Bonchev–Trinajstić information content (AvgIpc) is 2.95. The van der Waals surface area contributed by atoms with Gasteiger partial charge in [0.25, 0.3) is 5.91 Å². The number of carboxylic acid groups (broad SMARTS) is 1. The van der Waals surface area contributed by atoms with Crippen molar-refractivity contribution in [3.05, 3.63) is 19.9 Å². The molecular formula is C11H12INO4S. The fraction of sp³-hybridized carbons (Fsp3) is 0.455. The van der Waals surface area contributed by atoms with Crippen molar-refractivity contribution in [2.45, 2.75) is 6.04 Å². The van der Waals surface area contributed by atoms with Crippen molar-refractivity contribution in [1.29, 1.82) is 0 Å². The maximum absolute atomic E-state index is 12.2. The van der Waals surface area contributed by atoms with Gasteiger partial charge in [0.15, 0.2) is 0 Å². The number of rotatable bonds is 3. The van der Waals surface area contributed by atoms with Crippen LogP contribution < -0.4 is 0 Å². The van der Waals surface area contributed by atoms with Gasteiger partial charge in [-0.1, -0.05) is 0 Å². The lowest BCUT2D eigenvalue weighted by atomic mass is 10.0. The van der Waals surface area contributed by atoms with Gasteiger partial charge in [0.1, 0.15) is 5.92 Å². The predicted octanol–water partition coefficient (Wildman–Crippen LogP) is 1.52. The number of carboxylic acids is 1. The van der Waals surface area contributed by atoms with Crippen LogP contribution in [0.2, 0.25) is 0 Å². The normalized spacial score (nSPS) is 23.0. The molecule has 1 aromatic rings. The van der Waals surface area contributed by atoms with E-state index in [-0.39, 0.29) is 19.1 Å². The molecule has 0 bridgehead atoms. The summed E-state index contributed by atoms with van der Waals surface area (Å²) in [6.45, 7) is 0.444. The van der Waals surface area contributed by atoms with E-state index in [1.807, 2.05) is 0 Å². The number of amides is 1. The third kappa shape index (κ3) is 2.67. The second-order valence-electron chi connectivity index (χ2n) is 4.11. The molecule has 2 rings (SSSR count). The van der Waals surface area contributed by atoms with Gasteiger partial charge in [0.05, 0.1) is 27.7 Å². The predicted molar refractivity (Wildman–Crippen MR) is 74.9 cm³/mol. The van der Waals surface area contributed by atoms with Gasteiger partial charge in [-0.3, -0.25) is 9.59 Å². The molecule has 1 N–H and O–H groups in total. The molecule has 18 heavy (non-hydrogen) atoms. The van der Waals surface area contributed by atoms with Crippen LogP contribution in [-0.4, -0.2) is 48.2 Å². The number of carbonyl (C=O) groups excluding carboxylic acids is 1. The Labute approximate surface area is 122 Å². The smallest absolute Gasteiger partial charge is 0.311 e. The first-order chi connectivity index (χ1) is 8.50. The second kappa shape index (κ2) is 5.54. The Morgan fingerprint density at radius 3 is 2.83 bits per heavy atom. The molecule has 5 nitrogen and oxygen atoms in total. The number of halogens is 1. The molecule has 98 valence electrons. The minimum absolute atomic E-state index is 0.157. The quantitative estimate of drug-likeness (QED) is 0.807. The highest BCUT2D eigenvalue weighted by Gasteiger charge is 2.38. The van der Waals surface area contributed by atoms with E-state index in [9.17, 15) is 9.59 Å². The van der Waals surface area contributed by atoms with E-state index in [1.54, 1.807) is 18.5 Å². The summed E-state index contributed by atoms with van der Waals surface area (Å²) in [7, 11) is 1.63. The number of aliphatic carboxylic acids is 1. The van der Waals surface area contributed by atoms with Crippen LogP contribution in [0.25, 0.3) is 0 Å². The fourth-order valence-electron chi connectivity index (χ4n) is 1.94. The standard InChI is InChI=1S/C11H12INO4S/c1-13(8-4-17-3-7(8)11(15)16)10(14)6-2-9(12)18-5-6/h2,5,7-8H,3-4H2,1H3,(H,15,16). The number of carbonyl (C=O) groups is 2. The minimum Gasteiger partial charge on any atom is -0.481 e. The van der Waals surface area contributed by atoms with Crippen molar-refractivity contribution in [1.82, 2.24) is 4.90 Å². The first kappa shape index (κ1) is 13.8. The van der Waals surface area contributed by atoms with Crippen molar-refractivity contribution in [2.75, 3.05) is 20.3 Å². The number of hydrogen-bond acceptors (Lipinski definition) is 4. The summed E-state index contributed by atoms with van der Waals surface area (Å²) in [6.07, 6.45) is 0. The van der Waals surface area contributed by atoms with E-state index >= 15 is 0 Å². The molecule has 0 spiro atoms. The Bertz CT molecular complexity index is 475. The van der Waals surface area contributed by atoms with E-state index in [4.69, 9.17) is 9.84 Å². The van der Waals surface area contributed by atoms with E-state index in [0.29, 0.717) is 5.56 Å².